The molecular formula is C33H32N2O3S. The van der Waals surface area contributed by atoms with E-state index in [4.69, 9.17) is 4.74 Å². The van der Waals surface area contributed by atoms with E-state index in [1.54, 1.807) is 13.1 Å². The number of para-hydroxylation sites is 1. The second-order valence-electron chi connectivity index (χ2n) is 10.3. The number of nitrogens with zero attached hydrogens (tertiary/aromatic N) is 1. The Bertz CT molecular complexity index is 1590. The zero-order valence-electron chi connectivity index (χ0n) is 21.9. The smallest absolute Gasteiger partial charge is 0.243 e. The number of hydrogen-bond acceptors (Lipinski definition) is 4. The van der Waals surface area contributed by atoms with Crippen LogP contribution in [0, 0.1) is 5.92 Å². The molecule has 0 fully saturated rings. The van der Waals surface area contributed by atoms with Crippen LogP contribution in [0.15, 0.2) is 120 Å². The second kappa shape index (κ2) is 10.7. The van der Waals surface area contributed by atoms with E-state index in [1.807, 2.05) is 72.8 Å². The van der Waals surface area contributed by atoms with Crippen molar-refractivity contribution >= 4 is 15.7 Å². The summed E-state index contributed by atoms with van der Waals surface area (Å²) in [6, 6.07) is 33.6. The summed E-state index contributed by atoms with van der Waals surface area (Å²) >= 11 is 0. The van der Waals surface area contributed by atoms with Crippen LogP contribution in [0.2, 0.25) is 0 Å². The Kier molecular flexibility index (Phi) is 6.98. The molecule has 5 nitrogen and oxygen atoms in total. The Balaban J connectivity index is 1.28. The van der Waals surface area contributed by atoms with E-state index in [-0.39, 0.29) is 17.9 Å². The highest BCUT2D eigenvalue weighted by Gasteiger charge is 2.39. The minimum atomic E-state index is -3.64. The van der Waals surface area contributed by atoms with Gasteiger partial charge in [-0.05, 0) is 53.3 Å². The lowest BCUT2D eigenvalue weighted by atomic mass is 9.77. The quantitative estimate of drug-likeness (QED) is 0.249. The fourth-order valence-corrected chi connectivity index (χ4v) is 6.95. The molecule has 0 spiro atoms. The highest BCUT2D eigenvalue weighted by atomic mass is 32.2. The van der Waals surface area contributed by atoms with Crippen LogP contribution in [0.4, 0.5) is 5.69 Å². The maximum atomic E-state index is 13.5. The largest absolute Gasteiger partial charge is 0.489 e. The van der Waals surface area contributed by atoms with Crippen molar-refractivity contribution in [1.29, 1.82) is 0 Å². The van der Waals surface area contributed by atoms with Crippen LogP contribution in [0.25, 0.3) is 0 Å². The highest BCUT2D eigenvalue weighted by Crippen LogP contribution is 2.51. The number of hydrogen-bond donors (Lipinski definition) is 1. The molecule has 0 amide bonds. The van der Waals surface area contributed by atoms with Gasteiger partial charge in [0.05, 0.1) is 10.9 Å². The zero-order chi connectivity index (χ0) is 26.8. The van der Waals surface area contributed by atoms with E-state index in [0.717, 1.165) is 40.1 Å². The number of rotatable bonds is 8. The van der Waals surface area contributed by atoms with Gasteiger partial charge in [0.2, 0.25) is 10.0 Å². The molecule has 1 aliphatic heterocycles. The second-order valence-corrected chi connectivity index (χ2v) is 12.3. The van der Waals surface area contributed by atoms with Gasteiger partial charge in [0, 0.05) is 30.8 Å². The first-order valence-electron chi connectivity index (χ1n) is 13.3. The van der Waals surface area contributed by atoms with Gasteiger partial charge >= 0.3 is 0 Å². The van der Waals surface area contributed by atoms with Gasteiger partial charge < -0.3 is 10.1 Å². The lowest BCUT2D eigenvalue weighted by Crippen LogP contribution is -2.30. The summed E-state index contributed by atoms with van der Waals surface area (Å²) in [6.45, 7) is 0.831. The molecule has 1 aliphatic carbocycles. The average Bonchev–Trinajstić information content (AvgIpc) is 3.47. The van der Waals surface area contributed by atoms with E-state index in [1.165, 1.54) is 4.31 Å². The van der Waals surface area contributed by atoms with E-state index >= 15 is 0 Å². The number of allylic oxidation sites excluding steroid dienone is 2. The summed E-state index contributed by atoms with van der Waals surface area (Å²) in [5.41, 5.74) is 5.20. The van der Waals surface area contributed by atoms with Gasteiger partial charge in [0.1, 0.15) is 12.4 Å². The number of benzene rings is 4. The van der Waals surface area contributed by atoms with Crippen LogP contribution in [-0.4, -0.2) is 19.8 Å². The first-order valence-corrected chi connectivity index (χ1v) is 14.8. The number of anilines is 1. The van der Waals surface area contributed by atoms with Gasteiger partial charge in [-0.25, -0.2) is 8.42 Å². The lowest BCUT2D eigenvalue weighted by Gasteiger charge is -2.38. The summed E-state index contributed by atoms with van der Waals surface area (Å²) in [5, 5.41) is 3.74. The number of nitrogens with one attached hydrogen (secondary N) is 1. The first kappa shape index (κ1) is 25.4. The number of fused-ring (bicyclic) bond motifs is 3. The Morgan fingerprint density at radius 2 is 1.54 bits per heavy atom. The van der Waals surface area contributed by atoms with Crippen LogP contribution in [0.3, 0.4) is 0 Å². The molecule has 4 aromatic carbocycles. The van der Waals surface area contributed by atoms with E-state index < -0.39 is 10.0 Å². The van der Waals surface area contributed by atoms with Gasteiger partial charge in [-0.3, -0.25) is 0 Å². The minimum absolute atomic E-state index is 0.0488. The molecule has 39 heavy (non-hydrogen) atoms. The van der Waals surface area contributed by atoms with E-state index in [9.17, 15) is 8.42 Å². The molecule has 2 aliphatic rings. The Morgan fingerprint density at radius 1 is 0.846 bits per heavy atom. The summed E-state index contributed by atoms with van der Waals surface area (Å²) in [7, 11) is -2.00. The van der Waals surface area contributed by atoms with Gasteiger partial charge in [-0.2, -0.15) is 4.31 Å². The highest BCUT2D eigenvalue weighted by molar-refractivity contribution is 7.89. The van der Waals surface area contributed by atoms with Crippen LogP contribution >= 0.6 is 0 Å². The third kappa shape index (κ3) is 5.10. The average molecular weight is 537 g/mol. The van der Waals surface area contributed by atoms with Crippen molar-refractivity contribution < 1.29 is 13.2 Å². The molecule has 0 saturated carbocycles. The van der Waals surface area contributed by atoms with Crippen molar-refractivity contribution in [2.45, 2.75) is 36.4 Å². The van der Waals surface area contributed by atoms with Crippen LogP contribution in [0.1, 0.15) is 40.6 Å². The van der Waals surface area contributed by atoms with Gasteiger partial charge in [-0.15, -0.1) is 0 Å². The molecule has 0 bridgehead atoms. The normalized spacial score (nSPS) is 19.8. The monoisotopic (exact) mass is 536 g/mol. The molecule has 6 rings (SSSR count). The molecule has 6 heteroatoms. The molecular weight excluding hydrogens is 504 g/mol. The van der Waals surface area contributed by atoms with Crippen molar-refractivity contribution in [1.82, 2.24) is 4.31 Å². The molecule has 3 atom stereocenters. The maximum Gasteiger partial charge on any atom is 0.243 e. The molecule has 3 unspecified atom stereocenters. The molecule has 0 aromatic heterocycles. The van der Waals surface area contributed by atoms with Crippen molar-refractivity contribution in [3.05, 3.63) is 138 Å². The van der Waals surface area contributed by atoms with Crippen LogP contribution < -0.4 is 10.1 Å². The number of sulfonamides is 1. The van der Waals surface area contributed by atoms with Crippen molar-refractivity contribution in [2.24, 2.45) is 5.92 Å². The maximum absolute atomic E-state index is 13.5. The van der Waals surface area contributed by atoms with Crippen molar-refractivity contribution in [3.8, 4) is 5.75 Å². The molecule has 0 radical (unpaired) electrons. The van der Waals surface area contributed by atoms with Crippen molar-refractivity contribution in [2.75, 3.05) is 12.4 Å². The Labute approximate surface area is 230 Å². The molecule has 4 aromatic rings. The predicted molar refractivity (Wildman–Crippen MR) is 155 cm³/mol. The molecule has 0 saturated heterocycles. The van der Waals surface area contributed by atoms with Crippen LogP contribution in [-0.2, 0) is 23.2 Å². The topological polar surface area (TPSA) is 58.6 Å². The summed E-state index contributed by atoms with van der Waals surface area (Å²) in [5.74, 6) is 1.26. The standard InChI is InChI=1S/C33H32N2O3S/c1-35(22-24-11-4-2-5-12-24)39(36,37)26-19-20-31-30(21-26)27-16-10-17-28(27)33(34-31)29-15-8-9-18-32(29)38-23-25-13-6-3-7-14-25/h2-16,18-21,27-28,33-34H,17,22-23H2,1H3. The van der Waals surface area contributed by atoms with Crippen LogP contribution in [0.5, 0.6) is 5.75 Å². The van der Waals surface area contributed by atoms with Crippen molar-refractivity contribution in [3.63, 3.8) is 0 Å². The fourth-order valence-electron chi connectivity index (χ4n) is 5.75. The Morgan fingerprint density at radius 3 is 2.31 bits per heavy atom. The van der Waals surface area contributed by atoms with Gasteiger partial charge in [-0.1, -0.05) is 91.0 Å². The van der Waals surface area contributed by atoms with Gasteiger partial charge in [0.15, 0.2) is 0 Å². The summed E-state index contributed by atoms with van der Waals surface area (Å²) < 4.78 is 34.7. The minimum Gasteiger partial charge on any atom is -0.489 e. The fraction of sp³-hybridized carbons (Fsp3) is 0.212. The first-order chi connectivity index (χ1) is 19.0. The van der Waals surface area contributed by atoms with E-state index in [2.05, 4.69) is 41.7 Å². The summed E-state index contributed by atoms with van der Waals surface area (Å²) in [6.07, 6.45) is 5.36. The number of ether oxygens (including phenoxy) is 1. The van der Waals surface area contributed by atoms with Gasteiger partial charge in [0.25, 0.3) is 0 Å². The summed E-state index contributed by atoms with van der Waals surface area (Å²) in [4.78, 5) is 0.325. The third-order valence-corrected chi connectivity index (χ3v) is 9.58. The van der Waals surface area contributed by atoms with E-state index in [0.29, 0.717) is 18.0 Å². The molecule has 198 valence electrons. The zero-order valence-corrected chi connectivity index (χ0v) is 22.7. The Hall–Kier alpha value is -3.87. The predicted octanol–water partition coefficient (Wildman–Crippen LogP) is 6.91. The molecule has 1 N–H and O–H groups in total. The molecule has 1 heterocycles. The lowest BCUT2D eigenvalue weighted by molar-refractivity contribution is 0.296. The third-order valence-electron chi connectivity index (χ3n) is 7.78. The SMILES string of the molecule is CN(Cc1ccccc1)S(=O)(=O)c1ccc2c(c1)C1C=CCC1C(c1ccccc1OCc1ccccc1)N2.